The normalized spacial score (nSPS) is 16.7. The van der Waals surface area contributed by atoms with Crippen molar-refractivity contribution >= 4 is 43.5 Å². The summed E-state index contributed by atoms with van der Waals surface area (Å²) >= 11 is 0. The Labute approximate surface area is 323 Å². The van der Waals surface area contributed by atoms with E-state index in [9.17, 15) is 12.3 Å². The number of hydrogen-bond acceptors (Lipinski definition) is 1. The Morgan fingerprint density at radius 1 is 0.333 bits per heavy atom. The molecule has 0 saturated heterocycles. The summed E-state index contributed by atoms with van der Waals surface area (Å²) in [6.45, 7) is 0. The van der Waals surface area contributed by atoms with Gasteiger partial charge in [0.15, 0.2) is 0 Å². The van der Waals surface area contributed by atoms with Gasteiger partial charge in [-0.3, -0.25) is 0 Å². The van der Waals surface area contributed by atoms with E-state index in [1.54, 1.807) is 78.9 Å². The van der Waals surface area contributed by atoms with Gasteiger partial charge in [-0.05, 0) is 95.3 Å². The van der Waals surface area contributed by atoms with Gasteiger partial charge in [-0.2, -0.15) is 0 Å². The van der Waals surface area contributed by atoms with Crippen LogP contribution in [-0.2, 0) is 0 Å². The van der Waals surface area contributed by atoms with E-state index >= 15 is 0 Å². The Kier molecular flexibility index (Phi) is 3.74. The molecular weight excluding hydrogens is 617 g/mol. The maximum atomic E-state index is 9.54. The first-order valence-corrected chi connectivity index (χ1v) is 16.0. The molecule has 0 radical (unpaired) electrons. The third-order valence-corrected chi connectivity index (χ3v) is 8.88. The molecule has 1 aromatic heterocycles. The van der Waals surface area contributed by atoms with E-state index in [0.29, 0.717) is 16.3 Å². The minimum atomic E-state index is -0.836. The van der Waals surface area contributed by atoms with Gasteiger partial charge in [0.1, 0.15) is 11.2 Å². The van der Waals surface area contributed by atoms with Crippen molar-refractivity contribution in [1.82, 2.24) is 0 Å². The van der Waals surface area contributed by atoms with Gasteiger partial charge >= 0.3 is 0 Å². The zero-order valence-electron chi connectivity index (χ0n) is 45.4. The van der Waals surface area contributed by atoms with E-state index in [-0.39, 0.29) is 78.7 Å². The highest BCUT2D eigenvalue weighted by molar-refractivity contribution is 6.26. The maximum Gasteiger partial charge on any atom is 0.136 e. The molecule has 10 aromatic rings. The van der Waals surface area contributed by atoms with E-state index < -0.39 is 119 Å². The molecule has 0 bridgehead atoms. The van der Waals surface area contributed by atoms with Gasteiger partial charge in [0.05, 0.1) is 26.0 Å². The molecule has 1 nitrogen and oxygen atoms in total. The fraction of sp³-hybridized carbons (Fsp3) is 0. The van der Waals surface area contributed by atoms with Crippen LogP contribution in [0.15, 0.2) is 198 Å². The Hall–Kier alpha value is -6.70. The lowest BCUT2D eigenvalue weighted by Gasteiger charge is -2.20. The lowest BCUT2D eigenvalue weighted by atomic mass is 9.83. The summed E-state index contributed by atoms with van der Waals surface area (Å²) in [7, 11) is 0. The molecular formula is C50H32O. The van der Waals surface area contributed by atoms with Crippen molar-refractivity contribution in [3.63, 3.8) is 0 Å². The van der Waals surface area contributed by atoms with Crippen LogP contribution < -0.4 is 0 Å². The summed E-state index contributed by atoms with van der Waals surface area (Å²) in [6.07, 6.45) is 0. The molecule has 0 amide bonds. The van der Waals surface area contributed by atoms with E-state index in [0.717, 1.165) is 0 Å². The van der Waals surface area contributed by atoms with E-state index in [1.165, 1.54) is 0 Å². The van der Waals surface area contributed by atoms with E-state index in [1.807, 2.05) is 0 Å². The highest BCUT2D eigenvalue weighted by atomic mass is 16.3. The predicted molar refractivity (Wildman–Crippen MR) is 216 cm³/mol. The van der Waals surface area contributed by atoms with E-state index in [2.05, 4.69) is 0 Å². The summed E-state index contributed by atoms with van der Waals surface area (Å²) in [5.74, 6) is 0. The van der Waals surface area contributed by atoms with E-state index in [4.69, 9.17) is 18.1 Å². The SMILES string of the molecule is [2H]c1c([2H])c([2H])c(-c2c([2H])c([2H])c(-c3c([2H])c([2H])c([2H])c([2H])c3-c3c4ccccc4c(-c4c([2H])c([2H])c([2H])c5oc6c([2H])c(-c7ccccc7)c([2H])c([2H])c6c45)c4ccccc34)c([2H])c2[2H])c([2H])c1[2H]. The molecule has 0 aliphatic rings. The third-order valence-electron chi connectivity index (χ3n) is 8.88. The zero-order chi connectivity index (χ0) is 50.3. The molecule has 1 heterocycles. The van der Waals surface area contributed by atoms with Gasteiger partial charge in [0.2, 0.25) is 0 Å². The van der Waals surface area contributed by atoms with Gasteiger partial charge in [-0.15, -0.1) is 0 Å². The second-order valence-electron chi connectivity index (χ2n) is 11.7. The smallest absolute Gasteiger partial charge is 0.136 e. The average Bonchev–Trinajstić information content (AvgIpc) is 3.76. The van der Waals surface area contributed by atoms with Crippen LogP contribution >= 0.6 is 0 Å². The average molecular weight is 668 g/mol. The summed E-state index contributed by atoms with van der Waals surface area (Å²) in [5, 5.41) is 1.23. The van der Waals surface area contributed by atoms with Crippen LogP contribution in [0.4, 0.5) is 0 Å². The lowest BCUT2D eigenvalue weighted by Crippen LogP contribution is -1.93. The molecule has 0 saturated carbocycles. The van der Waals surface area contributed by atoms with Crippen LogP contribution in [0.1, 0.15) is 26.0 Å². The number of rotatable bonds is 5. The van der Waals surface area contributed by atoms with Crippen molar-refractivity contribution in [3.8, 4) is 55.6 Å². The molecule has 238 valence electrons. The molecule has 0 N–H and O–H groups in total. The Morgan fingerprint density at radius 3 is 1.55 bits per heavy atom. The monoisotopic (exact) mass is 667 g/mol. The van der Waals surface area contributed by atoms with Crippen molar-refractivity contribution in [2.24, 2.45) is 0 Å². The molecule has 0 unspecified atom stereocenters. The summed E-state index contributed by atoms with van der Waals surface area (Å²) < 4.78 is 177. The first kappa shape index (κ1) is 15.9. The van der Waals surface area contributed by atoms with Crippen LogP contribution in [0.5, 0.6) is 0 Å². The van der Waals surface area contributed by atoms with Crippen LogP contribution in [0.2, 0.25) is 0 Å². The second-order valence-corrected chi connectivity index (χ2v) is 11.7. The largest absolute Gasteiger partial charge is 0.456 e. The maximum absolute atomic E-state index is 9.54. The van der Waals surface area contributed by atoms with Gasteiger partial charge in [0, 0.05) is 10.8 Å². The molecule has 0 atom stereocenters. The van der Waals surface area contributed by atoms with Crippen molar-refractivity contribution < 1.29 is 30.5 Å². The fourth-order valence-electron chi connectivity index (χ4n) is 6.68. The Bertz CT molecular complexity index is 3880. The number of benzene rings is 9. The van der Waals surface area contributed by atoms with Gasteiger partial charge < -0.3 is 4.42 Å². The molecule has 9 aromatic carbocycles. The van der Waals surface area contributed by atoms with Crippen LogP contribution in [-0.4, -0.2) is 0 Å². The molecule has 1 heteroatoms. The molecule has 0 aliphatic carbocycles. The lowest BCUT2D eigenvalue weighted by molar-refractivity contribution is 0.669. The van der Waals surface area contributed by atoms with Crippen molar-refractivity contribution in [1.29, 1.82) is 0 Å². The molecule has 0 aliphatic heterocycles. The molecule has 0 spiro atoms. The van der Waals surface area contributed by atoms with Crippen LogP contribution in [0, 0.1) is 0 Å². The van der Waals surface area contributed by atoms with Gasteiger partial charge in [0.25, 0.3) is 0 Å². The summed E-state index contributed by atoms with van der Waals surface area (Å²) in [4.78, 5) is 0. The van der Waals surface area contributed by atoms with Gasteiger partial charge in [-0.25, -0.2) is 0 Å². The standard InChI is InChI=1S/C50H32O/c1-3-14-33(15-4-1)35-26-28-36(29-27-35)38-18-7-8-19-39(38)48-40-20-9-11-22-42(40)49(43-23-12-10-21-41(43)48)45-24-13-25-46-50(45)44-31-30-37(32-47(44)51-46)34-16-5-2-6-17-34/h1-32H/i1D,3D,4D,7D,8D,13D,14D,15D,18D,19D,24D,25D,26D,27D,28D,29D,30D,31D,32D. The van der Waals surface area contributed by atoms with Crippen molar-refractivity contribution in [3.05, 3.63) is 194 Å². The summed E-state index contributed by atoms with van der Waals surface area (Å²) in [6, 6.07) is 9.52. The molecule has 10 rings (SSSR count). The molecule has 51 heavy (non-hydrogen) atoms. The van der Waals surface area contributed by atoms with Crippen LogP contribution in [0.3, 0.4) is 0 Å². The molecule has 0 fully saturated rings. The summed E-state index contributed by atoms with van der Waals surface area (Å²) in [5.41, 5.74) is -1.76. The number of fused-ring (bicyclic) bond motifs is 5. The Morgan fingerprint density at radius 2 is 0.863 bits per heavy atom. The van der Waals surface area contributed by atoms with Gasteiger partial charge in [-0.1, -0.05) is 176 Å². The van der Waals surface area contributed by atoms with Crippen molar-refractivity contribution in [2.75, 3.05) is 0 Å². The Balaban J connectivity index is 1.35. The first-order chi connectivity index (χ1) is 33.2. The first-order valence-electron chi connectivity index (χ1n) is 25.5. The van der Waals surface area contributed by atoms with Crippen LogP contribution in [0.25, 0.3) is 99.1 Å². The quantitative estimate of drug-likeness (QED) is 0.167. The second kappa shape index (κ2) is 12.0. The minimum absolute atomic E-state index is 0.0199. The highest BCUT2D eigenvalue weighted by Gasteiger charge is 2.21. The topological polar surface area (TPSA) is 13.1 Å². The minimum Gasteiger partial charge on any atom is -0.456 e. The third kappa shape index (κ3) is 4.86. The number of hydrogen-bond donors (Lipinski definition) is 0. The predicted octanol–water partition coefficient (Wildman–Crippen LogP) is 14.2. The number of furan rings is 1. The van der Waals surface area contributed by atoms with Crippen molar-refractivity contribution in [2.45, 2.75) is 0 Å². The fourth-order valence-corrected chi connectivity index (χ4v) is 6.68. The highest BCUT2D eigenvalue weighted by Crippen LogP contribution is 2.48. The zero-order valence-corrected chi connectivity index (χ0v) is 26.4.